The van der Waals surface area contributed by atoms with Gasteiger partial charge in [-0.15, -0.1) is 0 Å². The molecule has 1 N–H and O–H groups in total. The molecule has 1 aromatic rings. The van der Waals surface area contributed by atoms with E-state index in [1.54, 1.807) is 24.1 Å². The van der Waals surface area contributed by atoms with Gasteiger partial charge >= 0.3 is 5.97 Å². The third-order valence-electron chi connectivity index (χ3n) is 4.04. The van der Waals surface area contributed by atoms with Gasteiger partial charge in [0.1, 0.15) is 0 Å². The lowest BCUT2D eigenvalue weighted by Gasteiger charge is -2.18. The molecule has 2 rings (SSSR count). The molecule has 4 nitrogen and oxygen atoms in total. The summed E-state index contributed by atoms with van der Waals surface area (Å²) >= 11 is 5.91. The highest BCUT2D eigenvalue weighted by Crippen LogP contribution is 2.58. The first kappa shape index (κ1) is 14.9. The van der Waals surface area contributed by atoms with Crippen LogP contribution in [0.4, 0.5) is 0 Å². The molecule has 1 aromatic carbocycles. The molecule has 108 valence electrons. The van der Waals surface area contributed by atoms with E-state index < -0.39 is 23.2 Å². The first-order valence-corrected chi connectivity index (χ1v) is 6.85. The van der Waals surface area contributed by atoms with Gasteiger partial charge < -0.3 is 10.0 Å². The molecular weight excluding hydrogens is 278 g/mol. The van der Waals surface area contributed by atoms with Crippen LogP contribution >= 0.6 is 11.6 Å². The van der Waals surface area contributed by atoms with E-state index in [2.05, 4.69) is 0 Å². The third kappa shape index (κ3) is 2.66. The molecule has 0 unspecified atom stereocenters. The molecule has 1 fully saturated rings. The number of halogens is 1. The Morgan fingerprint density at radius 2 is 2.00 bits per heavy atom. The van der Waals surface area contributed by atoms with E-state index in [9.17, 15) is 9.59 Å². The van der Waals surface area contributed by atoms with Crippen molar-refractivity contribution in [3.8, 4) is 0 Å². The van der Waals surface area contributed by atoms with Crippen LogP contribution in [0.15, 0.2) is 24.3 Å². The largest absolute Gasteiger partial charge is 0.481 e. The summed E-state index contributed by atoms with van der Waals surface area (Å²) in [5, 5.41) is 9.75. The van der Waals surface area contributed by atoms with Crippen molar-refractivity contribution in [2.75, 3.05) is 7.05 Å². The normalized spacial score (nSPS) is 23.2. The van der Waals surface area contributed by atoms with Gasteiger partial charge in [-0.25, -0.2) is 0 Å². The van der Waals surface area contributed by atoms with Crippen molar-refractivity contribution in [3.63, 3.8) is 0 Å². The van der Waals surface area contributed by atoms with Gasteiger partial charge in [-0.1, -0.05) is 37.6 Å². The summed E-state index contributed by atoms with van der Waals surface area (Å²) in [5.74, 6) is -2.05. The van der Waals surface area contributed by atoms with E-state index in [1.807, 2.05) is 26.0 Å². The Labute approximate surface area is 123 Å². The number of carbonyl (C=O) groups is 2. The molecule has 0 bridgehead atoms. The average molecular weight is 296 g/mol. The van der Waals surface area contributed by atoms with Crippen molar-refractivity contribution < 1.29 is 14.7 Å². The van der Waals surface area contributed by atoms with Crippen molar-refractivity contribution in [1.29, 1.82) is 0 Å². The van der Waals surface area contributed by atoms with Crippen LogP contribution in [0.2, 0.25) is 5.02 Å². The smallest absolute Gasteiger partial charge is 0.307 e. The third-order valence-corrected chi connectivity index (χ3v) is 4.28. The van der Waals surface area contributed by atoms with Gasteiger partial charge in [0, 0.05) is 18.6 Å². The molecule has 0 radical (unpaired) electrons. The molecule has 20 heavy (non-hydrogen) atoms. The molecule has 1 amide bonds. The Morgan fingerprint density at radius 3 is 2.50 bits per heavy atom. The summed E-state index contributed by atoms with van der Waals surface area (Å²) in [6, 6.07) is 7.30. The highest BCUT2D eigenvalue weighted by molar-refractivity contribution is 6.30. The zero-order valence-electron chi connectivity index (χ0n) is 11.8. The van der Waals surface area contributed by atoms with Gasteiger partial charge in [0.25, 0.3) is 0 Å². The highest BCUT2D eigenvalue weighted by atomic mass is 35.5. The maximum atomic E-state index is 12.4. The average Bonchev–Trinajstić information content (AvgIpc) is 2.91. The van der Waals surface area contributed by atoms with Crippen LogP contribution < -0.4 is 0 Å². The monoisotopic (exact) mass is 295 g/mol. The van der Waals surface area contributed by atoms with E-state index in [0.29, 0.717) is 11.6 Å². The Balaban J connectivity index is 2.05. The molecule has 0 aromatic heterocycles. The predicted molar refractivity (Wildman–Crippen MR) is 76.3 cm³/mol. The Bertz CT molecular complexity index is 556. The topological polar surface area (TPSA) is 57.6 Å². The van der Waals surface area contributed by atoms with Crippen LogP contribution in [0.25, 0.3) is 0 Å². The summed E-state index contributed by atoms with van der Waals surface area (Å²) in [6.45, 7) is 4.07. The van der Waals surface area contributed by atoms with Crippen LogP contribution in [0.1, 0.15) is 19.4 Å². The number of carboxylic acid groups (broad SMARTS) is 1. The van der Waals surface area contributed by atoms with Crippen LogP contribution in [-0.2, 0) is 16.1 Å². The predicted octanol–water partition coefficient (Wildman–Crippen LogP) is 2.66. The second kappa shape index (κ2) is 5.09. The summed E-state index contributed by atoms with van der Waals surface area (Å²) < 4.78 is 0. The number of benzene rings is 1. The molecule has 1 aliphatic carbocycles. The van der Waals surface area contributed by atoms with Crippen LogP contribution in [0, 0.1) is 17.3 Å². The number of hydrogen-bond acceptors (Lipinski definition) is 2. The number of rotatable bonds is 4. The number of amides is 1. The molecule has 1 saturated carbocycles. The summed E-state index contributed by atoms with van der Waals surface area (Å²) in [4.78, 5) is 25.1. The number of aliphatic carboxylic acids is 1. The molecule has 2 atom stereocenters. The molecule has 0 spiro atoms. The summed E-state index contributed by atoms with van der Waals surface area (Å²) in [7, 11) is 1.69. The molecule has 0 saturated heterocycles. The Hall–Kier alpha value is -1.55. The second-order valence-electron chi connectivity index (χ2n) is 5.94. The van der Waals surface area contributed by atoms with Gasteiger partial charge in [-0.2, -0.15) is 0 Å². The summed E-state index contributed by atoms with van der Waals surface area (Å²) in [6.07, 6.45) is 0. The fourth-order valence-electron chi connectivity index (χ4n) is 2.78. The van der Waals surface area contributed by atoms with Gasteiger partial charge in [-0.05, 0) is 23.1 Å². The van der Waals surface area contributed by atoms with E-state index >= 15 is 0 Å². The number of hydrogen-bond donors (Lipinski definition) is 1. The van der Waals surface area contributed by atoms with Crippen molar-refractivity contribution in [2.24, 2.45) is 17.3 Å². The fraction of sp³-hybridized carbons (Fsp3) is 0.467. The molecule has 1 aliphatic rings. The van der Waals surface area contributed by atoms with Gasteiger partial charge in [-0.3, -0.25) is 9.59 Å². The zero-order valence-corrected chi connectivity index (χ0v) is 12.5. The Kier molecular flexibility index (Phi) is 3.78. The van der Waals surface area contributed by atoms with E-state index in [4.69, 9.17) is 16.7 Å². The summed E-state index contributed by atoms with van der Waals surface area (Å²) in [5.41, 5.74) is 0.463. The standard InChI is InChI=1S/C15H18ClNO3/c1-15(2)11(12(15)14(19)20)13(18)17(3)8-9-5-4-6-10(16)7-9/h4-7,11-12H,8H2,1-3H3,(H,19,20)/t11-,12+/m1/s1. The maximum absolute atomic E-state index is 12.4. The molecule has 5 heteroatoms. The minimum atomic E-state index is -0.899. The first-order valence-electron chi connectivity index (χ1n) is 6.47. The van der Waals surface area contributed by atoms with Gasteiger partial charge in [0.15, 0.2) is 0 Å². The SMILES string of the molecule is CN(Cc1cccc(Cl)c1)C(=O)[C@H]1[C@@H](C(=O)O)C1(C)C. The highest BCUT2D eigenvalue weighted by Gasteiger charge is 2.66. The number of nitrogens with zero attached hydrogens (tertiary/aromatic N) is 1. The minimum absolute atomic E-state index is 0.123. The van der Waals surface area contributed by atoms with Crippen LogP contribution in [-0.4, -0.2) is 28.9 Å². The quantitative estimate of drug-likeness (QED) is 0.929. The number of carbonyl (C=O) groups excluding carboxylic acids is 1. The zero-order chi connectivity index (χ0) is 15.1. The molecule has 0 aliphatic heterocycles. The van der Waals surface area contributed by atoms with Crippen molar-refractivity contribution in [2.45, 2.75) is 20.4 Å². The lowest BCUT2D eigenvalue weighted by Crippen LogP contribution is -2.29. The molecular formula is C15H18ClNO3. The van der Waals surface area contributed by atoms with Gasteiger partial charge in [0.05, 0.1) is 11.8 Å². The minimum Gasteiger partial charge on any atom is -0.481 e. The fourth-order valence-corrected chi connectivity index (χ4v) is 3.00. The van der Waals surface area contributed by atoms with Gasteiger partial charge in [0.2, 0.25) is 5.91 Å². The molecule has 0 heterocycles. The first-order chi connectivity index (χ1) is 9.25. The lowest BCUT2D eigenvalue weighted by molar-refractivity contribution is -0.141. The van der Waals surface area contributed by atoms with Crippen molar-refractivity contribution in [1.82, 2.24) is 4.90 Å². The van der Waals surface area contributed by atoms with Crippen molar-refractivity contribution >= 4 is 23.5 Å². The Morgan fingerprint density at radius 1 is 1.35 bits per heavy atom. The second-order valence-corrected chi connectivity index (χ2v) is 6.38. The maximum Gasteiger partial charge on any atom is 0.307 e. The van der Waals surface area contributed by atoms with Crippen LogP contribution in [0.3, 0.4) is 0 Å². The number of carboxylic acids is 1. The van der Waals surface area contributed by atoms with E-state index in [-0.39, 0.29) is 5.91 Å². The van der Waals surface area contributed by atoms with E-state index in [0.717, 1.165) is 5.56 Å². The lowest BCUT2D eigenvalue weighted by atomic mass is 10.1. The van der Waals surface area contributed by atoms with E-state index in [1.165, 1.54) is 0 Å². The van der Waals surface area contributed by atoms with Crippen LogP contribution in [0.5, 0.6) is 0 Å². The van der Waals surface area contributed by atoms with Crippen molar-refractivity contribution in [3.05, 3.63) is 34.9 Å².